The highest BCUT2D eigenvalue weighted by atomic mass is 35.7. The zero-order valence-corrected chi connectivity index (χ0v) is 13.0. The lowest BCUT2D eigenvalue weighted by Gasteiger charge is -2.35. The third-order valence-electron chi connectivity index (χ3n) is 3.84. The van der Waals surface area contributed by atoms with Crippen molar-refractivity contribution in [3.8, 4) is 5.75 Å². The maximum Gasteiger partial charge on any atom is 0.233 e. The monoisotopic (exact) mass is 338 g/mol. The molecular weight excluding hydrogens is 322 g/mol. The zero-order chi connectivity index (χ0) is 15.5. The highest BCUT2D eigenvalue weighted by Crippen LogP contribution is 2.39. The molecule has 1 aromatic carbocycles. The average molecular weight is 339 g/mol. The van der Waals surface area contributed by atoms with E-state index in [1.54, 1.807) is 0 Å². The molecule has 1 aliphatic rings. The minimum atomic E-state index is -3.68. The minimum absolute atomic E-state index is 0.0132. The van der Waals surface area contributed by atoms with Crippen molar-refractivity contribution in [3.63, 3.8) is 0 Å². The summed E-state index contributed by atoms with van der Waals surface area (Å²) in [4.78, 5) is 0. The van der Waals surface area contributed by atoms with Gasteiger partial charge in [0.05, 0.1) is 12.4 Å². The highest BCUT2D eigenvalue weighted by molar-refractivity contribution is 8.13. The van der Waals surface area contributed by atoms with E-state index in [0.717, 1.165) is 25.3 Å². The molecule has 0 N–H and O–H groups in total. The largest absolute Gasteiger partial charge is 0.490 e. The molecule has 0 radical (unpaired) electrons. The quantitative estimate of drug-likeness (QED) is 0.766. The second kappa shape index (κ2) is 6.48. The molecule has 1 aliphatic carbocycles. The molecule has 0 aromatic heterocycles. The first-order valence-corrected chi connectivity index (χ1v) is 9.28. The first-order chi connectivity index (χ1) is 9.81. The van der Waals surface area contributed by atoms with Crippen molar-refractivity contribution in [1.82, 2.24) is 0 Å². The van der Waals surface area contributed by atoms with Gasteiger partial charge in [0.15, 0.2) is 11.6 Å². The number of rotatable bonds is 5. The van der Waals surface area contributed by atoms with Crippen molar-refractivity contribution in [2.45, 2.75) is 32.1 Å². The summed E-state index contributed by atoms with van der Waals surface area (Å²) in [7, 11) is 1.70. The lowest BCUT2D eigenvalue weighted by atomic mass is 9.76. The van der Waals surface area contributed by atoms with Gasteiger partial charge >= 0.3 is 0 Å². The fraction of sp³-hybridized carbons (Fsp3) is 0.571. The molecule has 0 unspecified atom stereocenters. The van der Waals surface area contributed by atoms with Crippen LogP contribution in [0.15, 0.2) is 18.2 Å². The number of halogens is 3. The molecule has 0 amide bonds. The van der Waals surface area contributed by atoms with Crippen molar-refractivity contribution in [1.29, 1.82) is 0 Å². The van der Waals surface area contributed by atoms with Gasteiger partial charge < -0.3 is 4.74 Å². The van der Waals surface area contributed by atoms with Gasteiger partial charge in [0.25, 0.3) is 0 Å². The van der Waals surface area contributed by atoms with Crippen LogP contribution in [0.1, 0.15) is 32.1 Å². The lowest BCUT2D eigenvalue weighted by molar-refractivity contribution is 0.115. The topological polar surface area (TPSA) is 43.4 Å². The van der Waals surface area contributed by atoms with Gasteiger partial charge in [-0.3, -0.25) is 0 Å². The molecule has 0 atom stereocenters. The highest BCUT2D eigenvalue weighted by Gasteiger charge is 2.37. The van der Waals surface area contributed by atoms with E-state index < -0.39 is 26.1 Å². The van der Waals surface area contributed by atoms with Crippen LogP contribution in [0.4, 0.5) is 8.78 Å². The van der Waals surface area contributed by atoms with E-state index in [1.165, 1.54) is 12.1 Å². The molecule has 0 heterocycles. The van der Waals surface area contributed by atoms with Crippen molar-refractivity contribution >= 4 is 19.7 Å². The van der Waals surface area contributed by atoms with Crippen LogP contribution < -0.4 is 4.74 Å². The van der Waals surface area contributed by atoms with Crippen LogP contribution in [-0.2, 0) is 9.05 Å². The van der Waals surface area contributed by atoms with Gasteiger partial charge in [-0.05, 0) is 25.0 Å². The van der Waals surface area contributed by atoms with Crippen LogP contribution in [0.5, 0.6) is 5.75 Å². The molecule has 0 aliphatic heterocycles. The van der Waals surface area contributed by atoms with Gasteiger partial charge in [-0.2, -0.15) is 4.39 Å². The standard InChI is InChI=1S/C14H17ClF2O3S/c15-21(18,19)10-14(7-2-1-3-8-14)9-20-12-6-4-5-11(16)13(12)17/h4-6H,1-3,7-10H2. The van der Waals surface area contributed by atoms with Gasteiger partial charge in [0, 0.05) is 16.1 Å². The van der Waals surface area contributed by atoms with E-state index in [9.17, 15) is 17.2 Å². The summed E-state index contributed by atoms with van der Waals surface area (Å²) in [6.07, 6.45) is 4.08. The fourth-order valence-electron chi connectivity index (χ4n) is 2.82. The van der Waals surface area contributed by atoms with Crippen LogP contribution in [0, 0.1) is 17.0 Å². The predicted molar refractivity (Wildman–Crippen MR) is 77.0 cm³/mol. The summed E-state index contributed by atoms with van der Waals surface area (Å²) < 4.78 is 54.9. The summed E-state index contributed by atoms with van der Waals surface area (Å²) >= 11 is 0. The molecule has 3 nitrogen and oxygen atoms in total. The Morgan fingerprint density at radius 2 is 1.86 bits per heavy atom. The predicted octanol–water partition coefficient (Wildman–Crippen LogP) is 3.86. The lowest BCUT2D eigenvalue weighted by Crippen LogP contribution is -2.37. The Balaban J connectivity index is 2.14. The molecule has 21 heavy (non-hydrogen) atoms. The van der Waals surface area contributed by atoms with E-state index in [0.29, 0.717) is 12.8 Å². The van der Waals surface area contributed by atoms with Crippen molar-refractivity contribution in [2.24, 2.45) is 5.41 Å². The molecule has 0 spiro atoms. The Kier molecular flexibility index (Phi) is 5.09. The molecule has 0 bridgehead atoms. The molecule has 1 fully saturated rings. The van der Waals surface area contributed by atoms with Crippen molar-refractivity contribution in [3.05, 3.63) is 29.8 Å². The van der Waals surface area contributed by atoms with Gasteiger partial charge in [0.2, 0.25) is 14.9 Å². The van der Waals surface area contributed by atoms with Crippen molar-refractivity contribution < 1.29 is 21.9 Å². The number of hydrogen-bond donors (Lipinski definition) is 0. The van der Waals surface area contributed by atoms with E-state index in [4.69, 9.17) is 15.4 Å². The summed E-state index contributed by atoms with van der Waals surface area (Å²) in [6.45, 7) is 0.0132. The fourth-order valence-corrected chi connectivity index (χ4v) is 4.62. The molecule has 1 saturated carbocycles. The maximum absolute atomic E-state index is 13.6. The smallest absolute Gasteiger partial charge is 0.233 e. The second-order valence-corrected chi connectivity index (χ2v) is 8.36. The summed E-state index contributed by atoms with van der Waals surface area (Å²) in [5.74, 6) is -2.46. The van der Waals surface area contributed by atoms with E-state index in [1.807, 2.05) is 0 Å². The number of hydrogen-bond acceptors (Lipinski definition) is 3. The van der Waals surface area contributed by atoms with Gasteiger partial charge in [-0.15, -0.1) is 0 Å². The van der Waals surface area contributed by atoms with E-state index in [-0.39, 0.29) is 18.1 Å². The van der Waals surface area contributed by atoms with E-state index >= 15 is 0 Å². The Hall–Kier alpha value is -0.880. The van der Waals surface area contributed by atoms with Crippen LogP contribution in [0.3, 0.4) is 0 Å². The molecule has 0 saturated heterocycles. The minimum Gasteiger partial charge on any atom is -0.490 e. The summed E-state index contributed by atoms with van der Waals surface area (Å²) in [6, 6.07) is 3.67. The van der Waals surface area contributed by atoms with E-state index in [2.05, 4.69) is 0 Å². The second-order valence-electron chi connectivity index (χ2n) is 5.58. The molecule has 7 heteroatoms. The number of benzene rings is 1. The maximum atomic E-state index is 13.6. The Labute approximate surface area is 127 Å². The van der Waals surface area contributed by atoms with Gasteiger partial charge in [-0.25, -0.2) is 12.8 Å². The van der Waals surface area contributed by atoms with Crippen LogP contribution in [-0.4, -0.2) is 20.8 Å². The molecule has 2 rings (SSSR count). The summed E-state index contributed by atoms with van der Waals surface area (Å²) in [5, 5.41) is 0. The normalized spacial score (nSPS) is 18.4. The third kappa shape index (κ3) is 4.54. The molecular formula is C14H17ClF2O3S. The zero-order valence-electron chi connectivity index (χ0n) is 11.4. The SMILES string of the molecule is O=S(=O)(Cl)CC1(COc2cccc(F)c2F)CCCCC1. The van der Waals surface area contributed by atoms with Crippen LogP contribution in [0.25, 0.3) is 0 Å². The third-order valence-corrected chi connectivity index (χ3v) is 5.13. The molecule has 1 aromatic rings. The average Bonchev–Trinajstić information content (AvgIpc) is 2.40. The first-order valence-electron chi connectivity index (χ1n) is 6.81. The van der Waals surface area contributed by atoms with Crippen molar-refractivity contribution in [2.75, 3.05) is 12.4 Å². The number of ether oxygens (including phenoxy) is 1. The van der Waals surface area contributed by atoms with Crippen LogP contribution >= 0.6 is 10.7 Å². The Morgan fingerprint density at radius 1 is 1.19 bits per heavy atom. The summed E-state index contributed by atoms with van der Waals surface area (Å²) in [5.41, 5.74) is -0.627. The Bertz CT molecular complexity index is 598. The molecule has 118 valence electrons. The van der Waals surface area contributed by atoms with Gasteiger partial charge in [-0.1, -0.05) is 25.3 Å². The first kappa shape index (κ1) is 16.5. The van der Waals surface area contributed by atoms with Gasteiger partial charge in [0.1, 0.15) is 0 Å². The Morgan fingerprint density at radius 3 is 2.48 bits per heavy atom. The van der Waals surface area contributed by atoms with Crippen LogP contribution in [0.2, 0.25) is 0 Å².